The van der Waals surface area contributed by atoms with Gasteiger partial charge in [0.1, 0.15) is 0 Å². The van der Waals surface area contributed by atoms with Gasteiger partial charge in [-0.05, 0) is 36.8 Å². The molecule has 0 saturated carbocycles. The molecule has 1 atom stereocenters. The zero-order valence-electron chi connectivity index (χ0n) is 14.9. The van der Waals surface area contributed by atoms with Crippen LogP contribution in [0.3, 0.4) is 0 Å². The van der Waals surface area contributed by atoms with Crippen molar-refractivity contribution in [2.45, 2.75) is 17.9 Å². The second kappa shape index (κ2) is 8.64. The molecule has 2 aromatic carbocycles. The molecule has 6 nitrogen and oxygen atoms in total. The molecule has 0 aliphatic carbocycles. The summed E-state index contributed by atoms with van der Waals surface area (Å²) in [5, 5.41) is 6.43. The van der Waals surface area contributed by atoms with Crippen LogP contribution in [0.15, 0.2) is 53.4 Å². The summed E-state index contributed by atoms with van der Waals surface area (Å²) in [5.74, 6) is -0.275. The molecule has 0 aliphatic heterocycles. The van der Waals surface area contributed by atoms with Crippen LogP contribution < -0.4 is 10.6 Å². The fourth-order valence-corrected chi connectivity index (χ4v) is 3.58. The Morgan fingerprint density at radius 1 is 1.15 bits per heavy atom. The lowest BCUT2D eigenvalue weighted by molar-refractivity contribution is -0.115. The van der Waals surface area contributed by atoms with Crippen LogP contribution in [0.25, 0.3) is 0 Å². The molecular formula is C18H22ClN3O3S. The van der Waals surface area contributed by atoms with E-state index in [0.29, 0.717) is 10.7 Å². The van der Waals surface area contributed by atoms with Crippen molar-refractivity contribution in [3.05, 3.63) is 59.1 Å². The third kappa shape index (κ3) is 5.04. The monoisotopic (exact) mass is 395 g/mol. The van der Waals surface area contributed by atoms with E-state index >= 15 is 0 Å². The molecule has 2 rings (SSSR count). The molecule has 0 fully saturated rings. The molecule has 1 unspecified atom stereocenters. The van der Waals surface area contributed by atoms with Gasteiger partial charge in [0.15, 0.2) is 0 Å². The Balaban J connectivity index is 1.99. The first-order valence-electron chi connectivity index (χ1n) is 8.02. The molecule has 0 aliphatic rings. The number of amides is 1. The van der Waals surface area contributed by atoms with E-state index in [-0.39, 0.29) is 23.4 Å². The summed E-state index contributed by atoms with van der Waals surface area (Å²) in [4.78, 5) is 12.3. The number of halogens is 1. The van der Waals surface area contributed by atoms with Gasteiger partial charge in [-0.1, -0.05) is 35.9 Å². The van der Waals surface area contributed by atoms with Crippen LogP contribution in [0.5, 0.6) is 0 Å². The molecule has 1 amide bonds. The Morgan fingerprint density at radius 2 is 1.85 bits per heavy atom. The second-order valence-electron chi connectivity index (χ2n) is 5.99. The fraction of sp³-hybridized carbons (Fsp3) is 0.278. The molecule has 140 valence electrons. The van der Waals surface area contributed by atoms with Crippen LogP contribution in [0, 0.1) is 0 Å². The molecule has 2 aromatic rings. The van der Waals surface area contributed by atoms with Crippen molar-refractivity contribution in [2.75, 3.05) is 26.0 Å². The van der Waals surface area contributed by atoms with Crippen molar-refractivity contribution in [3.8, 4) is 0 Å². The van der Waals surface area contributed by atoms with Gasteiger partial charge in [-0.3, -0.25) is 4.79 Å². The highest BCUT2D eigenvalue weighted by molar-refractivity contribution is 7.89. The van der Waals surface area contributed by atoms with Gasteiger partial charge in [-0.25, -0.2) is 12.7 Å². The summed E-state index contributed by atoms with van der Waals surface area (Å²) >= 11 is 6.15. The molecule has 26 heavy (non-hydrogen) atoms. The highest BCUT2D eigenvalue weighted by Crippen LogP contribution is 2.22. The van der Waals surface area contributed by atoms with E-state index in [4.69, 9.17) is 11.6 Å². The molecule has 0 heterocycles. The van der Waals surface area contributed by atoms with Crippen LogP contribution in [-0.2, 0) is 14.8 Å². The topological polar surface area (TPSA) is 78.5 Å². The number of hydrogen-bond donors (Lipinski definition) is 2. The van der Waals surface area contributed by atoms with E-state index in [0.717, 1.165) is 9.87 Å². The summed E-state index contributed by atoms with van der Waals surface area (Å²) < 4.78 is 25.5. The minimum Gasteiger partial charge on any atom is -0.325 e. The molecule has 2 N–H and O–H groups in total. The largest absolute Gasteiger partial charge is 0.325 e. The van der Waals surface area contributed by atoms with E-state index < -0.39 is 10.0 Å². The van der Waals surface area contributed by atoms with Gasteiger partial charge in [0.05, 0.1) is 11.4 Å². The number of rotatable bonds is 7. The Morgan fingerprint density at radius 3 is 2.50 bits per heavy atom. The molecule has 0 spiro atoms. The van der Waals surface area contributed by atoms with E-state index in [1.807, 2.05) is 25.1 Å². The predicted molar refractivity (Wildman–Crippen MR) is 104 cm³/mol. The lowest BCUT2D eigenvalue weighted by atomic mass is 10.1. The standard InChI is InChI=1S/C18H22ClN3O3S/c1-13(16-9-4-5-10-17(16)19)20-12-18(23)21-14-7-6-8-15(11-14)26(24,25)22(2)3/h4-11,13,20H,12H2,1-3H3,(H,21,23). The first-order valence-corrected chi connectivity index (χ1v) is 9.84. The fourth-order valence-electron chi connectivity index (χ4n) is 2.33. The third-order valence-corrected chi connectivity index (χ3v) is 5.99. The van der Waals surface area contributed by atoms with Gasteiger partial charge in [-0.15, -0.1) is 0 Å². The maximum absolute atomic E-state index is 12.2. The number of nitrogens with one attached hydrogen (secondary N) is 2. The Bertz CT molecular complexity index is 885. The zero-order chi connectivity index (χ0) is 19.3. The summed E-state index contributed by atoms with van der Waals surface area (Å²) in [5.41, 5.74) is 1.33. The van der Waals surface area contributed by atoms with Gasteiger partial charge in [0.2, 0.25) is 15.9 Å². The Labute approximate surface area is 159 Å². The maximum Gasteiger partial charge on any atom is 0.242 e. The van der Waals surface area contributed by atoms with E-state index in [1.165, 1.54) is 26.2 Å². The SMILES string of the molecule is CC(NCC(=O)Nc1cccc(S(=O)(=O)N(C)C)c1)c1ccccc1Cl. The van der Waals surface area contributed by atoms with Crippen molar-refractivity contribution >= 4 is 33.2 Å². The van der Waals surface area contributed by atoms with Crippen LogP contribution in [0.2, 0.25) is 5.02 Å². The van der Waals surface area contributed by atoms with E-state index in [2.05, 4.69) is 10.6 Å². The normalized spacial score (nSPS) is 12.8. The minimum absolute atomic E-state index is 0.0665. The van der Waals surface area contributed by atoms with Gasteiger partial charge in [0.25, 0.3) is 0 Å². The number of carbonyl (C=O) groups excluding carboxylic acids is 1. The van der Waals surface area contributed by atoms with E-state index in [1.54, 1.807) is 18.2 Å². The van der Waals surface area contributed by atoms with Crippen molar-refractivity contribution in [2.24, 2.45) is 0 Å². The van der Waals surface area contributed by atoms with Gasteiger partial charge in [0, 0.05) is 30.8 Å². The number of sulfonamides is 1. The van der Waals surface area contributed by atoms with Crippen LogP contribution in [0.4, 0.5) is 5.69 Å². The average Bonchev–Trinajstić information content (AvgIpc) is 2.60. The number of benzene rings is 2. The Hall–Kier alpha value is -1.93. The molecule has 0 saturated heterocycles. The van der Waals surface area contributed by atoms with Crippen molar-refractivity contribution < 1.29 is 13.2 Å². The highest BCUT2D eigenvalue weighted by atomic mass is 35.5. The molecule has 0 bridgehead atoms. The van der Waals surface area contributed by atoms with Crippen LogP contribution in [0.1, 0.15) is 18.5 Å². The summed E-state index contributed by atoms with van der Waals surface area (Å²) in [6.45, 7) is 1.98. The summed E-state index contributed by atoms with van der Waals surface area (Å²) in [6, 6.07) is 13.5. The summed E-state index contributed by atoms with van der Waals surface area (Å²) in [7, 11) is -0.632. The van der Waals surface area contributed by atoms with Gasteiger partial charge < -0.3 is 10.6 Å². The quantitative estimate of drug-likeness (QED) is 0.755. The number of anilines is 1. The van der Waals surface area contributed by atoms with Crippen molar-refractivity contribution in [1.82, 2.24) is 9.62 Å². The molecular weight excluding hydrogens is 374 g/mol. The van der Waals surface area contributed by atoms with Gasteiger partial charge in [-0.2, -0.15) is 0 Å². The molecule has 8 heteroatoms. The molecule has 0 aromatic heterocycles. The lowest BCUT2D eigenvalue weighted by Crippen LogP contribution is -2.30. The first-order chi connectivity index (χ1) is 12.2. The number of hydrogen-bond acceptors (Lipinski definition) is 4. The average molecular weight is 396 g/mol. The molecule has 0 radical (unpaired) electrons. The predicted octanol–water partition coefficient (Wildman–Crippen LogP) is 2.88. The smallest absolute Gasteiger partial charge is 0.242 e. The number of nitrogens with zero attached hydrogens (tertiary/aromatic N) is 1. The van der Waals surface area contributed by atoms with Crippen LogP contribution in [-0.4, -0.2) is 39.3 Å². The van der Waals surface area contributed by atoms with Crippen molar-refractivity contribution in [3.63, 3.8) is 0 Å². The Kier molecular flexibility index (Phi) is 6.77. The highest BCUT2D eigenvalue weighted by Gasteiger charge is 2.17. The van der Waals surface area contributed by atoms with Gasteiger partial charge >= 0.3 is 0 Å². The van der Waals surface area contributed by atoms with Crippen molar-refractivity contribution in [1.29, 1.82) is 0 Å². The number of carbonyl (C=O) groups is 1. The minimum atomic E-state index is -3.55. The van der Waals surface area contributed by atoms with Crippen LogP contribution >= 0.6 is 11.6 Å². The summed E-state index contributed by atoms with van der Waals surface area (Å²) in [6.07, 6.45) is 0. The maximum atomic E-state index is 12.2. The zero-order valence-corrected chi connectivity index (χ0v) is 16.4. The first kappa shape index (κ1) is 20.4. The lowest BCUT2D eigenvalue weighted by Gasteiger charge is -2.16. The third-order valence-electron chi connectivity index (χ3n) is 3.84. The van der Waals surface area contributed by atoms with E-state index in [9.17, 15) is 13.2 Å². The second-order valence-corrected chi connectivity index (χ2v) is 8.55.